The molecule has 1 aromatic carbocycles. The number of aryl methyl sites for hydroxylation is 2. The van der Waals surface area contributed by atoms with Gasteiger partial charge in [0.2, 0.25) is 10.0 Å². The van der Waals surface area contributed by atoms with Gasteiger partial charge in [0.1, 0.15) is 5.82 Å². The van der Waals surface area contributed by atoms with Crippen LogP contribution in [-0.2, 0) is 10.0 Å². The number of hydrogen-bond acceptors (Lipinski definition) is 6. The SMILES string of the molecule is Cc1ccc(S(=O)(=O)N2C[C@H]3C[C@@H](Nc4cnccn4)[C@H](O)C[C@H]3C2)cc1C. The van der Waals surface area contributed by atoms with Gasteiger partial charge in [-0.15, -0.1) is 0 Å². The van der Waals surface area contributed by atoms with E-state index in [1.54, 1.807) is 35.0 Å². The second kappa shape index (κ2) is 7.42. The topological polar surface area (TPSA) is 95.4 Å². The summed E-state index contributed by atoms with van der Waals surface area (Å²) in [5.74, 6) is 1.03. The summed E-state index contributed by atoms with van der Waals surface area (Å²) in [4.78, 5) is 8.60. The molecule has 1 saturated heterocycles. The summed E-state index contributed by atoms with van der Waals surface area (Å²) in [5, 5.41) is 13.8. The van der Waals surface area contributed by atoms with Crippen LogP contribution in [0.25, 0.3) is 0 Å². The van der Waals surface area contributed by atoms with Crippen LogP contribution >= 0.6 is 0 Å². The molecule has 2 aromatic rings. The van der Waals surface area contributed by atoms with Crippen molar-refractivity contribution in [3.63, 3.8) is 0 Å². The van der Waals surface area contributed by atoms with Crippen LogP contribution in [0.15, 0.2) is 41.7 Å². The number of nitrogens with one attached hydrogen (secondary N) is 1. The summed E-state index contributed by atoms with van der Waals surface area (Å²) in [6.45, 7) is 4.86. The maximum absolute atomic E-state index is 13.1. The average Bonchev–Trinajstić information content (AvgIpc) is 3.08. The van der Waals surface area contributed by atoms with Crippen molar-refractivity contribution in [1.82, 2.24) is 14.3 Å². The number of nitrogens with zero attached hydrogens (tertiary/aromatic N) is 3. The fourth-order valence-corrected chi connectivity index (χ4v) is 5.97. The predicted octanol–water partition coefficient (Wildman–Crippen LogP) is 1.97. The van der Waals surface area contributed by atoms with E-state index in [9.17, 15) is 13.5 Å². The van der Waals surface area contributed by atoms with Gasteiger partial charge >= 0.3 is 0 Å². The summed E-state index contributed by atoms with van der Waals surface area (Å²) in [6, 6.07) is 5.14. The first-order valence-electron chi connectivity index (χ1n) is 9.62. The molecular weight excluding hydrogens is 376 g/mol. The molecular formula is C20H26N4O3S. The van der Waals surface area contributed by atoms with Gasteiger partial charge in [0.15, 0.2) is 0 Å². The number of rotatable bonds is 4. The minimum atomic E-state index is -3.52. The lowest BCUT2D eigenvalue weighted by Gasteiger charge is -2.35. The van der Waals surface area contributed by atoms with Crippen LogP contribution < -0.4 is 5.32 Å². The van der Waals surface area contributed by atoms with E-state index in [0.29, 0.717) is 36.6 Å². The predicted molar refractivity (Wildman–Crippen MR) is 106 cm³/mol. The van der Waals surface area contributed by atoms with E-state index < -0.39 is 16.1 Å². The molecule has 0 unspecified atom stereocenters. The smallest absolute Gasteiger partial charge is 0.243 e. The number of fused-ring (bicyclic) bond motifs is 1. The number of sulfonamides is 1. The zero-order valence-corrected chi connectivity index (χ0v) is 16.9. The lowest BCUT2D eigenvalue weighted by Crippen LogP contribution is -2.43. The molecule has 1 aliphatic heterocycles. The van der Waals surface area contributed by atoms with Crippen LogP contribution in [0.5, 0.6) is 0 Å². The van der Waals surface area contributed by atoms with Crippen LogP contribution in [-0.4, -0.2) is 53.0 Å². The molecule has 7 nitrogen and oxygen atoms in total. The molecule has 150 valence electrons. The quantitative estimate of drug-likeness (QED) is 0.812. The maximum atomic E-state index is 13.1. The van der Waals surface area contributed by atoms with E-state index >= 15 is 0 Å². The normalized spacial score (nSPS) is 28.1. The van der Waals surface area contributed by atoms with Gasteiger partial charge in [-0.2, -0.15) is 4.31 Å². The first kappa shape index (κ1) is 19.3. The zero-order valence-electron chi connectivity index (χ0n) is 16.1. The molecule has 0 radical (unpaired) electrons. The molecule has 2 N–H and O–H groups in total. The van der Waals surface area contributed by atoms with Gasteiger partial charge in [0.05, 0.1) is 23.2 Å². The Morgan fingerprint density at radius 1 is 1.11 bits per heavy atom. The van der Waals surface area contributed by atoms with E-state index in [2.05, 4.69) is 15.3 Å². The molecule has 1 saturated carbocycles. The Morgan fingerprint density at radius 3 is 2.54 bits per heavy atom. The number of anilines is 1. The van der Waals surface area contributed by atoms with Crippen molar-refractivity contribution >= 4 is 15.8 Å². The Hall–Kier alpha value is -2.03. The van der Waals surface area contributed by atoms with Gasteiger partial charge in [-0.3, -0.25) is 4.98 Å². The van der Waals surface area contributed by atoms with Gasteiger partial charge in [-0.25, -0.2) is 13.4 Å². The lowest BCUT2D eigenvalue weighted by molar-refractivity contribution is 0.0736. The van der Waals surface area contributed by atoms with E-state index in [1.807, 2.05) is 19.9 Å². The summed E-state index contributed by atoms with van der Waals surface area (Å²) >= 11 is 0. The number of hydrogen-bond donors (Lipinski definition) is 2. The molecule has 4 atom stereocenters. The first-order chi connectivity index (χ1) is 13.3. The van der Waals surface area contributed by atoms with Crippen molar-refractivity contribution in [3.05, 3.63) is 47.9 Å². The highest BCUT2D eigenvalue weighted by Crippen LogP contribution is 2.39. The Morgan fingerprint density at radius 2 is 1.86 bits per heavy atom. The van der Waals surface area contributed by atoms with E-state index in [-0.39, 0.29) is 17.9 Å². The van der Waals surface area contributed by atoms with E-state index in [1.165, 1.54) is 0 Å². The summed E-state index contributed by atoms with van der Waals surface area (Å²) in [5.41, 5.74) is 2.05. The van der Waals surface area contributed by atoms with Crippen molar-refractivity contribution in [2.45, 2.75) is 43.7 Å². The molecule has 2 heterocycles. The van der Waals surface area contributed by atoms with Crippen molar-refractivity contribution in [2.24, 2.45) is 11.8 Å². The van der Waals surface area contributed by atoms with Crippen molar-refractivity contribution in [2.75, 3.05) is 18.4 Å². The Labute approximate surface area is 165 Å². The minimum absolute atomic E-state index is 0.151. The second-order valence-electron chi connectivity index (χ2n) is 7.97. The second-order valence-corrected chi connectivity index (χ2v) is 9.91. The number of aliphatic hydroxyl groups excluding tert-OH is 1. The molecule has 2 fully saturated rings. The third-order valence-electron chi connectivity index (χ3n) is 6.12. The molecule has 1 aliphatic carbocycles. The van der Waals surface area contributed by atoms with Gasteiger partial charge in [-0.1, -0.05) is 6.07 Å². The molecule has 0 amide bonds. The van der Waals surface area contributed by atoms with Gasteiger partial charge < -0.3 is 10.4 Å². The number of benzene rings is 1. The van der Waals surface area contributed by atoms with Crippen LogP contribution in [0.1, 0.15) is 24.0 Å². The molecule has 4 rings (SSSR count). The van der Waals surface area contributed by atoms with E-state index in [4.69, 9.17) is 0 Å². The molecule has 8 heteroatoms. The van der Waals surface area contributed by atoms with E-state index in [0.717, 1.165) is 11.1 Å². The standard InChI is InChI=1S/C20H26N4O3S/c1-13-3-4-17(7-14(13)2)28(26,27)24-11-15-8-18(19(25)9-16(15)12-24)23-20-10-21-5-6-22-20/h3-7,10,15-16,18-19,25H,8-9,11-12H2,1-2H3,(H,22,23)/t15-,16+,18-,19-/m1/s1. The maximum Gasteiger partial charge on any atom is 0.243 e. The highest BCUT2D eigenvalue weighted by molar-refractivity contribution is 7.89. The van der Waals surface area contributed by atoms with Crippen molar-refractivity contribution in [1.29, 1.82) is 0 Å². The lowest BCUT2D eigenvalue weighted by atomic mass is 9.77. The summed E-state index contributed by atoms with van der Waals surface area (Å²) < 4.78 is 27.8. The van der Waals surface area contributed by atoms with Gasteiger partial charge in [-0.05, 0) is 61.8 Å². The van der Waals surface area contributed by atoms with Crippen LogP contribution in [0.2, 0.25) is 0 Å². The molecule has 0 spiro atoms. The first-order valence-corrected chi connectivity index (χ1v) is 11.1. The molecule has 2 aliphatic rings. The highest BCUT2D eigenvalue weighted by atomic mass is 32.2. The molecule has 28 heavy (non-hydrogen) atoms. The fraction of sp³-hybridized carbons (Fsp3) is 0.500. The largest absolute Gasteiger partial charge is 0.391 e. The zero-order chi connectivity index (χ0) is 19.9. The van der Waals surface area contributed by atoms with Crippen LogP contribution in [0.4, 0.5) is 5.82 Å². The third kappa shape index (κ3) is 3.64. The van der Waals surface area contributed by atoms with Crippen LogP contribution in [0, 0.1) is 25.7 Å². The van der Waals surface area contributed by atoms with Gasteiger partial charge in [0.25, 0.3) is 0 Å². The van der Waals surface area contributed by atoms with Crippen LogP contribution in [0.3, 0.4) is 0 Å². The Bertz CT molecular complexity index is 951. The Kier molecular flexibility index (Phi) is 5.11. The van der Waals surface area contributed by atoms with Crippen molar-refractivity contribution in [3.8, 4) is 0 Å². The summed E-state index contributed by atoms with van der Waals surface area (Å²) in [6.07, 6.45) is 5.60. The summed E-state index contributed by atoms with van der Waals surface area (Å²) in [7, 11) is -3.52. The number of aromatic nitrogens is 2. The third-order valence-corrected chi connectivity index (χ3v) is 7.95. The van der Waals surface area contributed by atoms with Gasteiger partial charge in [0, 0.05) is 25.5 Å². The average molecular weight is 403 g/mol. The molecule has 0 bridgehead atoms. The highest BCUT2D eigenvalue weighted by Gasteiger charge is 2.45. The number of aliphatic hydroxyl groups is 1. The monoisotopic (exact) mass is 402 g/mol. The molecule has 1 aromatic heterocycles. The fourth-order valence-electron chi connectivity index (χ4n) is 4.33. The minimum Gasteiger partial charge on any atom is -0.391 e. The Balaban J connectivity index is 1.49. The van der Waals surface area contributed by atoms with Crippen molar-refractivity contribution < 1.29 is 13.5 Å².